The van der Waals surface area contributed by atoms with Gasteiger partial charge in [-0.05, 0) is 25.0 Å². The molecule has 1 saturated carbocycles. The van der Waals surface area contributed by atoms with E-state index in [1.54, 1.807) is 24.3 Å². The molecule has 0 radical (unpaired) electrons. The molecule has 0 spiro atoms. The first-order valence-corrected chi connectivity index (χ1v) is 7.46. The van der Waals surface area contributed by atoms with Crippen molar-refractivity contribution in [3.8, 4) is 11.8 Å². The van der Waals surface area contributed by atoms with Crippen LogP contribution in [0, 0.1) is 11.3 Å². The maximum absolute atomic E-state index is 12.2. The fourth-order valence-electron chi connectivity index (χ4n) is 2.51. The summed E-state index contributed by atoms with van der Waals surface area (Å²) in [5, 5.41) is 20.8. The molecule has 0 bridgehead atoms. The van der Waals surface area contributed by atoms with Crippen LogP contribution in [-0.2, 0) is 9.59 Å². The number of amides is 1. The highest BCUT2D eigenvalue weighted by atomic mass is 16.5. The van der Waals surface area contributed by atoms with Gasteiger partial charge >= 0.3 is 5.97 Å². The lowest BCUT2D eigenvalue weighted by Crippen LogP contribution is -2.33. The molecule has 23 heavy (non-hydrogen) atoms. The number of hydrogen-bond acceptors (Lipinski definition) is 4. The van der Waals surface area contributed by atoms with E-state index in [0.29, 0.717) is 11.3 Å². The summed E-state index contributed by atoms with van der Waals surface area (Å²) in [6.07, 6.45) is 5.46. The number of nitriles is 1. The zero-order chi connectivity index (χ0) is 16.7. The van der Waals surface area contributed by atoms with Gasteiger partial charge in [0.15, 0.2) is 6.61 Å². The van der Waals surface area contributed by atoms with Gasteiger partial charge in [-0.25, -0.2) is 4.79 Å². The average Bonchev–Trinajstić information content (AvgIpc) is 3.04. The molecule has 1 aromatic carbocycles. The number of carboxylic acids is 1. The van der Waals surface area contributed by atoms with E-state index in [1.807, 2.05) is 6.07 Å². The summed E-state index contributed by atoms with van der Waals surface area (Å²) in [4.78, 5) is 22.8. The third-order valence-corrected chi connectivity index (χ3v) is 3.63. The Morgan fingerprint density at radius 1 is 1.35 bits per heavy atom. The van der Waals surface area contributed by atoms with Crippen molar-refractivity contribution in [2.75, 3.05) is 6.61 Å². The lowest BCUT2D eigenvalue weighted by Gasteiger charge is -2.11. The normalized spacial score (nSPS) is 15.0. The number of ether oxygens (including phenoxy) is 1. The van der Waals surface area contributed by atoms with Crippen molar-refractivity contribution in [3.63, 3.8) is 0 Å². The molecule has 120 valence electrons. The van der Waals surface area contributed by atoms with Gasteiger partial charge in [-0.15, -0.1) is 0 Å². The highest BCUT2D eigenvalue weighted by molar-refractivity contribution is 6.02. The Balaban J connectivity index is 2.15. The molecule has 6 nitrogen and oxygen atoms in total. The molecule has 0 saturated heterocycles. The lowest BCUT2D eigenvalue weighted by atomic mass is 10.1. The molecular weight excluding hydrogens is 296 g/mol. The van der Waals surface area contributed by atoms with E-state index in [2.05, 4.69) is 5.32 Å². The molecule has 1 aromatic rings. The van der Waals surface area contributed by atoms with Gasteiger partial charge in [0, 0.05) is 11.6 Å². The van der Waals surface area contributed by atoms with Crippen molar-refractivity contribution >= 4 is 18.0 Å². The summed E-state index contributed by atoms with van der Waals surface area (Å²) >= 11 is 0. The van der Waals surface area contributed by atoms with E-state index in [4.69, 9.17) is 9.84 Å². The van der Waals surface area contributed by atoms with Gasteiger partial charge < -0.3 is 15.2 Å². The zero-order valence-electron chi connectivity index (χ0n) is 12.6. The molecule has 0 aliphatic heterocycles. The molecule has 1 aliphatic carbocycles. The minimum atomic E-state index is -1.09. The van der Waals surface area contributed by atoms with Gasteiger partial charge in [-0.3, -0.25) is 4.79 Å². The molecule has 2 N–H and O–H groups in total. The molecular formula is C17H18N2O4. The number of carbonyl (C=O) groups excluding carboxylic acids is 1. The van der Waals surface area contributed by atoms with Crippen LogP contribution in [0.5, 0.6) is 5.75 Å². The standard InChI is InChI=1S/C17H18N2O4/c18-10-13(17(22)19-14-6-2-3-7-14)9-12-5-1-4-8-15(12)23-11-16(20)21/h1,4-5,8-9,14H,2-3,6-7,11H2,(H,19,22)(H,20,21)/b13-9+. The number of rotatable bonds is 6. The molecule has 2 rings (SSSR count). The number of carboxylic acid groups (broad SMARTS) is 1. The Bertz CT molecular complexity index is 655. The Morgan fingerprint density at radius 3 is 2.70 bits per heavy atom. The third kappa shape index (κ3) is 4.85. The van der Waals surface area contributed by atoms with Gasteiger partial charge in [0.2, 0.25) is 0 Å². The first kappa shape index (κ1) is 16.6. The van der Waals surface area contributed by atoms with Crippen molar-refractivity contribution in [2.45, 2.75) is 31.7 Å². The predicted molar refractivity (Wildman–Crippen MR) is 83.6 cm³/mol. The van der Waals surface area contributed by atoms with E-state index in [1.165, 1.54) is 6.08 Å². The van der Waals surface area contributed by atoms with Crippen molar-refractivity contribution < 1.29 is 19.4 Å². The summed E-state index contributed by atoms with van der Waals surface area (Å²) in [6, 6.07) is 8.70. The van der Waals surface area contributed by atoms with Gasteiger partial charge in [0.05, 0.1) is 0 Å². The van der Waals surface area contributed by atoms with Crippen LogP contribution in [0.25, 0.3) is 6.08 Å². The maximum atomic E-state index is 12.2. The van der Waals surface area contributed by atoms with E-state index in [0.717, 1.165) is 25.7 Å². The fourth-order valence-corrected chi connectivity index (χ4v) is 2.51. The minimum Gasteiger partial charge on any atom is -0.481 e. The number of nitrogens with zero attached hydrogens (tertiary/aromatic N) is 1. The SMILES string of the molecule is N#C/C(=C\c1ccccc1OCC(=O)O)C(=O)NC1CCCC1. The second-order valence-electron chi connectivity index (χ2n) is 5.34. The van der Waals surface area contributed by atoms with E-state index >= 15 is 0 Å². The van der Waals surface area contributed by atoms with E-state index in [9.17, 15) is 14.9 Å². The summed E-state index contributed by atoms with van der Waals surface area (Å²) < 4.78 is 5.17. The second-order valence-corrected chi connectivity index (χ2v) is 5.34. The van der Waals surface area contributed by atoms with Crippen LogP contribution in [0.1, 0.15) is 31.2 Å². The van der Waals surface area contributed by atoms with Crippen molar-refractivity contribution in [3.05, 3.63) is 35.4 Å². The van der Waals surface area contributed by atoms with Crippen LogP contribution in [0.4, 0.5) is 0 Å². The molecule has 1 aliphatic rings. The van der Waals surface area contributed by atoms with Crippen molar-refractivity contribution in [2.24, 2.45) is 0 Å². The smallest absolute Gasteiger partial charge is 0.341 e. The van der Waals surface area contributed by atoms with Gasteiger partial charge in [-0.1, -0.05) is 31.0 Å². The minimum absolute atomic E-state index is 0.0247. The van der Waals surface area contributed by atoms with Crippen LogP contribution in [0.2, 0.25) is 0 Å². The van der Waals surface area contributed by atoms with Crippen LogP contribution in [0.15, 0.2) is 29.8 Å². The summed E-state index contributed by atoms with van der Waals surface area (Å²) in [7, 11) is 0. The Morgan fingerprint density at radius 2 is 2.04 bits per heavy atom. The van der Waals surface area contributed by atoms with Crippen molar-refractivity contribution in [1.29, 1.82) is 5.26 Å². The zero-order valence-corrected chi connectivity index (χ0v) is 12.6. The van der Waals surface area contributed by atoms with Gasteiger partial charge in [0.25, 0.3) is 5.91 Å². The number of aliphatic carboxylic acids is 1. The van der Waals surface area contributed by atoms with E-state index in [-0.39, 0.29) is 11.6 Å². The molecule has 0 aromatic heterocycles. The average molecular weight is 314 g/mol. The molecule has 0 atom stereocenters. The van der Waals surface area contributed by atoms with Crippen molar-refractivity contribution in [1.82, 2.24) is 5.32 Å². The molecule has 0 unspecified atom stereocenters. The maximum Gasteiger partial charge on any atom is 0.341 e. The number of carbonyl (C=O) groups is 2. The van der Waals surface area contributed by atoms with Crippen LogP contribution >= 0.6 is 0 Å². The summed E-state index contributed by atoms with van der Waals surface area (Å²) in [5.74, 6) is -1.19. The fraction of sp³-hybridized carbons (Fsp3) is 0.353. The van der Waals surface area contributed by atoms with Crippen LogP contribution in [-0.4, -0.2) is 29.6 Å². The Hall–Kier alpha value is -2.81. The topological polar surface area (TPSA) is 99.4 Å². The first-order chi connectivity index (χ1) is 11.1. The summed E-state index contributed by atoms with van der Waals surface area (Å²) in [5.41, 5.74) is 0.468. The van der Waals surface area contributed by atoms with Crippen LogP contribution < -0.4 is 10.1 Å². The monoisotopic (exact) mass is 314 g/mol. The predicted octanol–water partition coefficient (Wildman–Crippen LogP) is 2.12. The highest BCUT2D eigenvalue weighted by Crippen LogP contribution is 2.22. The molecule has 6 heteroatoms. The van der Waals surface area contributed by atoms with E-state index < -0.39 is 18.5 Å². The molecule has 1 fully saturated rings. The highest BCUT2D eigenvalue weighted by Gasteiger charge is 2.19. The lowest BCUT2D eigenvalue weighted by molar-refractivity contribution is -0.139. The molecule has 0 heterocycles. The third-order valence-electron chi connectivity index (χ3n) is 3.63. The number of nitrogens with one attached hydrogen (secondary N) is 1. The second kappa shape index (κ2) is 7.99. The first-order valence-electron chi connectivity index (χ1n) is 7.46. The summed E-state index contributed by atoms with van der Waals surface area (Å²) in [6.45, 7) is -0.485. The van der Waals surface area contributed by atoms with Gasteiger partial charge in [0.1, 0.15) is 17.4 Å². The Labute approximate surface area is 134 Å². The largest absolute Gasteiger partial charge is 0.481 e. The molecule has 1 amide bonds. The number of para-hydroxylation sites is 1. The van der Waals surface area contributed by atoms with Crippen LogP contribution in [0.3, 0.4) is 0 Å². The number of hydrogen-bond donors (Lipinski definition) is 2. The Kier molecular flexibility index (Phi) is 5.75. The van der Waals surface area contributed by atoms with Gasteiger partial charge in [-0.2, -0.15) is 5.26 Å². The number of benzene rings is 1. The quantitative estimate of drug-likeness (QED) is 0.619.